The highest BCUT2D eigenvalue weighted by Gasteiger charge is 2.00. The van der Waals surface area contributed by atoms with Gasteiger partial charge in [-0.05, 0) is 31.7 Å². The number of ether oxygens (including phenoxy) is 1. The molecule has 1 N–H and O–H groups in total. The third kappa shape index (κ3) is 4.33. The number of hydrogen-bond acceptors (Lipinski definition) is 2. The zero-order valence-corrected chi connectivity index (χ0v) is 9.64. The molecule has 3 heteroatoms. The van der Waals surface area contributed by atoms with Crippen LogP contribution in [-0.2, 0) is 6.54 Å². The Morgan fingerprint density at radius 3 is 2.88 bits per heavy atom. The van der Waals surface area contributed by atoms with Gasteiger partial charge in [-0.15, -0.1) is 11.8 Å². The number of benzene rings is 1. The van der Waals surface area contributed by atoms with Crippen LogP contribution in [0.5, 0.6) is 5.75 Å². The zero-order valence-electron chi connectivity index (χ0n) is 9.64. The normalized spacial score (nSPS) is 9.44. The Bertz CT molecular complexity index is 393. The largest absolute Gasteiger partial charge is 0.492 e. The molecule has 16 heavy (non-hydrogen) atoms. The molecule has 0 spiro atoms. The molecule has 0 aliphatic rings. The number of rotatable bonds is 5. The van der Waals surface area contributed by atoms with E-state index in [0.717, 1.165) is 5.56 Å². The van der Waals surface area contributed by atoms with Gasteiger partial charge in [-0.1, -0.05) is 0 Å². The van der Waals surface area contributed by atoms with Gasteiger partial charge in [-0.25, -0.2) is 4.39 Å². The maximum Gasteiger partial charge on any atom is 0.127 e. The first kappa shape index (κ1) is 12.5. The topological polar surface area (TPSA) is 21.3 Å². The second-order valence-electron chi connectivity index (χ2n) is 3.35. The van der Waals surface area contributed by atoms with Crippen molar-refractivity contribution in [3.05, 3.63) is 29.6 Å². The molecule has 0 saturated heterocycles. The van der Waals surface area contributed by atoms with Gasteiger partial charge >= 0.3 is 0 Å². The standard InChI is InChI=1S/C13H16FNO/c1-3-4-5-6-16-13-8-11(10-15-2)7-12(14)9-13/h7-9,15H,5-6,10H2,1-2H3. The van der Waals surface area contributed by atoms with Gasteiger partial charge in [0.2, 0.25) is 0 Å². The molecule has 0 fully saturated rings. The van der Waals surface area contributed by atoms with Crippen molar-refractivity contribution in [1.82, 2.24) is 5.32 Å². The summed E-state index contributed by atoms with van der Waals surface area (Å²) >= 11 is 0. The molecule has 1 aromatic rings. The van der Waals surface area contributed by atoms with Gasteiger partial charge in [-0.3, -0.25) is 0 Å². The molecular weight excluding hydrogens is 205 g/mol. The summed E-state index contributed by atoms with van der Waals surface area (Å²) in [6.07, 6.45) is 0.661. The molecule has 1 aromatic carbocycles. The highest BCUT2D eigenvalue weighted by molar-refractivity contribution is 5.29. The minimum Gasteiger partial charge on any atom is -0.492 e. The second kappa shape index (κ2) is 6.86. The number of halogens is 1. The molecule has 0 aromatic heterocycles. The molecule has 0 radical (unpaired) electrons. The average molecular weight is 221 g/mol. The molecule has 0 amide bonds. The van der Waals surface area contributed by atoms with Crippen LogP contribution >= 0.6 is 0 Å². The van der Waals surface area contributed by atoms with E-state index < -0.39 is 0 Å². The lowest BCUT2D eigenvalue weighted by molar-refractivity contribution is 0.325. The van der Waals surface area contributed by atoms with Crippen LogP contribution in [0.4, 0.5) is 4.39 Å². The summed E-state index contributed by atoms with van der Waals surface area (Å²) < 4.78 is 18.6. The third-order valence-electron chi connectivity index (χ3n) is 1.98. The Hall–Kier alpha value is -1.53. The van der Waals surface area contributed by atoms with E-state index in [0.29, 0.717) is 25.3 Å². The van der Waals surface area contributed by atoms with Crippen LogP contribution in [0.1, 0.15) is 18.9 Å². The van der Waals surface area contributed by atoms with E-state index in [-0.39, 0.29) is 5.82 Å². The fraction of sp³-hybridized carbons (Fsp3) is 0.385. The Kier molecular flexibility index (Phi) is 5.38. The smallest absolute Gasteiger partial charge is 0.127 e. The van der Waals surface area contributed by atoms with Crippen molar-refractivity contribution in [2.75, 3.05) is 13.7 Å². The van der Waals surface area contributed by atoms with Gasteiger partial charge in [0.05, 0.1) is 6.61 Å². The van der Waals surface area contributed by atoms with Gasteiger partial charge < -0.3 is 10.1 Å². The van der Waals surface area contributed by atoms with Crippen LogP contribution in [0.25, 0.3) is 0 Å². The van der Waals surface area contributed by atoms with E-state index in [1.807, 2.05) is 13.1 Å². The van der Waals surface area contributed by atoms with Crippen molar-refractivity contribution in [2.24, 2.45) is 0 Å². The summed E-state index contributed by atoms with van der Waals surface area (Å²) in [5, 5.41) is 2.97. The first-order valence-electron chi connectivity index (χ1n) is 5.22. The Morgan fingerprint density at radius 1 is 1.38 bits per heavy atom. The second-order valence-corrected chi connectivity index (χ2v) is 3.35. The van der Waals surface area contributed by atoms with Gasteiger partial charge in [0, 0.05) is 19.0 Å². The van der Waals surface area contributed by atoms with Gasteiger partial charge in [-0.2, -0.15) is 0 Å². The highest BCUT2D eigenvalue weighted by Crippen LogP contribution is 2.16. The van der Waals surface area contributed by atoms with Gasteiger partial charge in [0.15, 0.2) is 0 Å². The summed E-state index contributed by atoms with van der Waals surface area (Å²) in [6, 6.07) is 4.71. The molecule has 0 aliphatic heterocycles. The van der Waals surface area contributed by atoms with Crippen molar-refractivity contribution >= 4 is 0 Å². The van der Waals surface area contributed by atoms with Crippen LogP contribution < -0.4 is 10.1 Å². The number of nitrogens with one attached hydrogen (secondary N) is 1. The quantitative estimate of drug-likeness (QED) is 0.608. The van der Waals surface area contributed by atoms with Crippen LogP contribution in [0.2, 0.25) is 0 Å². The van der Waals surface area contributed by atoms with E-state index in [1.54, 1.807) is 6.92 Å². The van der Waals surface area contributed by atoms with Gasteiger partial charge in [0.1, 0.15) is 11.6 Å². The van der Waals surface area contributed by atoms with Crippen molar-refractivity contribution in [1.29, 1.82) is 0 Å². The summed E-state index contributed by atoms with van der Waals surface area (Å²) in [5.74, 6) is 5.96. The lowest BCUT2D eigenvalue weighted by Gasteiger charge is -2.07. The zero-order chi connectivity index (χ0) is 11.8. The van der Waals surface area contributed by atoms with Crippen LogP contribution in [0.15, 0.2) is 18.2 Å². The van der Waals surface area contributed by atoms with Crippen molar-refractivity contribution < 1.29 is 9.13 Å². The molecule has 0 atom stereocenters. The minimum atomic E-state index is -0.274. The summed E-state index contributed by atoms with van der Waals surface area (Å²) in [4.78, 5) is 0. The first-order valence-corrected chi connectivity index (χ1v) is 5.22. The van der Waals surface area contributed by atoms with E-state index >= 15 is 0 Å². The van der Waals surface area contributed by atoms with Crippen molar-refractivity contribution in [3.63, 3.8) is 0 Å². The predicted octanol–water partition coefficient (Wildman–Crippen LogP) is 2.34. The highest BCUT2D eigenvalue weighted by atomic mass is 19.1. The SMILES string of the molecule is CC#CCCOc1cc(F)cc(CNC)c1. The van der Waals surface area contributed by atoms with E-state index in [1.165, 1.54) is 12.1 Å². The van der Waals surface area contributed by atoms with E-state index in [2.05, 4.69) is 17.2 Å². The van der Waals surface area contributed by atoms with Crippen molar-refractivity contribution in [3.8, 4) is 17.6 Å². The Balaban J connectivity index is 2.60. The van der Waals surface area contributed by atoms with Crippen LogP contribution in [-0.4, -0.2) is 13.7 Å². The van der Waals surface area contributed by atoms with Crippen LogP contribution in [0.3, 0.4) is 0 Å². The molecule has 0 aliphatic carbocycles. The lowest BCUT2D eigenvalue weighted by Crippen LogP contribution is -2.06. The maximum atomic E-state index is 13.2. The average Bonchev–Trinajstić information content (AvgIpc) is 2.24. The Morgan fingerprint density at radius 2 is 2.19 bits per heavy atom. The lowest BCUT2D eigenvalue weighted by atomic mass is 10.2. The molecule has 0 bridgehead atoms. The molecular formula is C13H16FNO. The molecule has 0 heterocycles. The summed E-state index contributed by atoms with van der Waals surface area (Å²) in [7, 11) is 1.82. The van der Waals surface area contributed by atoms with E-state index in [4.69, 9.17) is 4.74 Å². The summed E-state index contributed by atoms with van der Waals surface area (Å²) in [5.41, 5.74) is 0.874. The predicted molar refractivity (Wildman–Crippen MR) is 62.7 cm³/mol. The summed E-state index contributed by atoms with van der Waals surface area (Å²) in [6.45, 7) is 2.90. The number of hydrogen-bond donors (Lipinski definition) is 1. The molecule has 2 nitrogen and oxygen atoms in total. The Labute approximate surface area is 95.8 Å². The molecule has 1 rings (SSSR count). The maximum absolute atomic E-state index is 13.2. The molecule has 86 valence electrons. The van der Waals surface area contributed by atoms with Crippen molar-refractivity contribution in [2.45, 2.75) is 19.9 Å². The monoisotopic (exact) mass is 221 g/mol. The van der Waals surface area contributed by atoms with E-state index in [9.17, 15) is 4.39 Å². The fourth-order valence-corrected chi connectivity index (χ4v) is 1.36. The molecule has 0 saturated carbocycles. The first-order chi connectivity index (χ1) is 7.76. The fourth-order valence-electron chi connectivity index (χ4n) is 1.36. The van der Waals surface area contributed by atoms with Crippen LogP contribution in [0, 0.1) is 17.7 Å². The van der Waals surface area contributed by atoms with Gasteiger partial charge in [0.25, 0.3) is 0 Å². The molecule has 0 unspecified atom stereocenters. The third-order valence-corrected chi connectivity index (χ3v) is 1.98. The minimum absolute atomic E-state index is 0.274.